The smallest absolute Gasteiger partial charge is 0.269 e. The summed E-state index contributed by atoms with van der Waals surface area (Å²) in [4.78, 5) is 10.2. The number of hydrogen-bond donors (Lipinski definition) is 1. The van der Waals surface area contributed by atoms with Gasteiger partial charge in [0.25, 0.3) is 5.69 Å². The number of nitrogens with zero attached hydrogens (tertiary/aromatic N) is 1. The molecule has 0 atom stereocenters. The third kappa shape index (κ3) is 1.37. The zero-order valence-electron chi connectivity index (χ0n) is 7.77. The summed E-state index contributed by atoms with van der Waals surface area (Å²) in [6, 6.07) is 6.64. The molecule has 0 unspecified atom stereocenters. The van der Waals surface area contributed by atoms with Crippen molar-refractivity contribution in [2.75, 3.05) is 0 Å². The first-order chi connectivity index (χ1) is 6.62. The SMILES string of the molecule is NC1(c2cccc([N+](=O)[O-])c2)CCC1. The number of non-ortho nitro benzene ring substituents is 1. The summed E-state index contributed by atoms with van der Waals surface area (Å²) >= 11 is 0. The van der Waals surface area contributed by atoms with Gasteiger partial charge in [-0.2, -0.15) is 0 Å². The van der Waals surface area contributed by atoms with Gasteiger partial charge in [-0.25, -0.2) is 0 Å². The number of benzene rings is 1. The van der Waals surface area contributed by atoms with E-state index in [-0.39, 0.29) is 16.1 Å². The van der Waals surface area contributed by atoms with Gasteiger partial charge in [0.2, 0.25) is 0 Å². The predicted octanol–water partition coefficient (Wildman–Crippen LogP) is 1.93. The highest BCUT2D eigenvalue weighted by Crippen LogP contribution is 2.39. The molecule has 0 bridgehead atoms. The third-order valence-corrected chi connectivity index (χ3v) is 2.88. The van der Waals surface area contributed by atoms with Crippen LogP contribution in [-0.2, 0) is 5.54 Å². The van der Waals surface area contributed by atoms with Gasteiger partial charge in [-0.15, -0.1) is 0 Å². The first-order valence-electron chi connectivity index (χ1n) is 4.66. The number of nitro groups is 1. The lowest BCUT2D eigenvalue weighted by molar-refractivity contribution is -0.385. The zero-order valence-corrected chi connectivity index (χ0v) is 7.77. The van der Waals surface area contributed by atoms with Gasteiger partial charge in [0.1, 0.15) is 0 Å². The highest BCUT2D eigenvalue weighted by molar-refractivity contribution is 5.38. The Labute approximate surface area is 81.9 Å². The monoisotopic (exact) mass is 192 g/mol. The largest absolute Gasteiger partial charge is 0.321 e. The van der Waals surface area contributed by atoms with Crippen LogP contribution in [0.25, 0.3) is 0 Å². The van der Waals surface area contributed by atoms with E-state index in [2.05, 4.69) is 0 Å². The number of rotatable bonds is 2. The lowest BCUT2D eigenvalue weighted by Crippen LogP contribution is -2.43. The Morgan fingerprint density at radius 1 is 1.43 bits per heavy atom. The number of hydrogen-bond acceptors (Lipinski definition) is 3. The molecule has 0 heterocycles. The molecule has 0 amide bonds. The highest BCUT2D eigenvalue weighted by Gasteiger charge is 2.34. The molecule has 74 valence electrons. The lowest BCUT2D eigenvalue weighted by Gasteiger charge is -2.38. The van der Waals surface area contributed by atoms with Crippen LogP contribution in [0.2, 0.25) is 0 Å². The third-order valence-electron chi connectivity index (χ3n) is 2.88. The number of nitrogens with two attached hydrogens (primary N) is 1. The van der Waals surface area contributed by atoms with Crippen LogP contribution >= 0.6 is 0 Å². The van der Waals surface area contributed by atoms with Gasteiger partial charge in [0.15, 0.2) is 0 Å². The molecule has 1 aromatic carbocycles. The van der Waals surface area contributed by atoms with Crippen molar-refractivity contribution in [1.82, 2.24) is 0 Å². The van der Waals surface area contributed by atoms with Crippen LogP contribution in [0.4, 0.5) is 5.69 Å². The van der Waals surface area contributed by atoms with E-state index < -0.39 is 0 Å². The molecule has 2 N–H and O–H groups in total. The molecule has 4 nitrogen and oxygen atoms in total. The van der Waals surface area contributed by atoms with E-state index in [1.807, 2.05) is 6.07 Å². The van der Waals surface area contributed by atoms with E-state index in [0.717, 1.165) is 24.8 Å². The van der Waals surface area contributed by atoms with E-state index >= 15 is 0 Å². The second-order valence-electron chi connectivity index (χ2n) is 3.82. The second kappa shape index (κ2) is 3.06. The molecule has 1 aliphatic rings. The minimum Gasteiger partial charge on any atom is -0.321 e. The van der Waals surface area contributed by atoms with Crippen LogP contribution < -0.4 is 5.73 Å². The fraction of sp³-hybridized carbons (Fsp3) is 0.400. The van der Waals surface area contributed by atoms with E-state index in [0.29, 0.717) is 0 Å². The first kappa shape index (κ1) is 9.15. The fourth-order valence-electron chi connectivity index (χ4n) is 1.78. The average molecular weight is 192 g/mol. The fourth-order valence-corrected chi connectivity index (χ4v) is 1.78. The Bertz CT molecular complexity index is 372. The van der Waals surface area contributed by atoms with Crippen LogP contribution in [0.15, 0.2) is 24.3 Å². The van der Waals surface area contributed by atoms with Gasteiger partial charge in [-0.3, -0.25) is 10.1 Å². The molecule has 1 saturated carbocycles. The maximum Gasteiger partial charge on any atom is 0.269 e. The summed E-state index contributed by atoms with van der Waals surface area (Å²) in [7, 11) is 0. The molecule has 1 fully saturated rings. The summed E-state index contributed by atoms with van der Waals surface area (Å²) in [5.74, 6) is 0. The van der Waals surface area contributed by atoms with Gasteiger partial charge in [0.05, 0.1) is 4.92 Å². The maximum absolute atomic E-state index is 10.6. The van der Waals surface area contributed by atoms with Gasteiger partial charge in [-0.1, -0.05) is 12.1 Å². The molecule has 0 radical (unpaired) electrons. The van der Waals surface area contributed by atoms with Crippen LogP contribution in [0.1, 0.15) is 24.8 Å². The topological polar surface area (TPSA) is 69.2 Å². The molecule has 2 rings (SSSR count). The van der Waals surface area contributed by atoms with Gasteiger partial charge >= 0.3 is 0 Å². The molecule has 0 aromatic heterocycles. The molecule has 1 aromatic rings. The predicted molar refractivity (Wildman–Crippen MR) is 52.8 cm³/mol. The molecule has 0 saturated heterocycles. The summed E-state index contributed by atoms with van der Waals surface area (Å²) in [6.45, 7) is 0. The van der Waals surface area contributed by atoms with Crippen molar-refractivity contribution in [1.29, 1.82) is 0 Å². The molecular weight excluding hydrogens is 180 g/mol. The minimum absolute atomic E-state index is 0.124. The molecule has 14 heavy (non-hydrogen) atoms. The molecule has 0 aliphatic heterocycles. The van der Waals surface area contributed by atoms with E-state index in [4.69, 9.17) is 5.73 Å². The molecule has 1 aliphatic carbocycles. The van der Waals surface area contributed by atoms with Crippen LogP contribution in [0.5, 0.6) is 0 Å². The van der Waals surface area contributed by atoms with Crippen molar-refractivity contribution in [3.8, 4) is 0 Å². The Kier molecular flexibility index (Phi) is 2.00. The minimum atomic E-state index is -0.383. The highest BCUT2D eigenvalue weighted by atomic mass is 16.6. The maximum atomic E-state index is 10.6. The summed E-state index contributed by atoms with van der Waals surface area (Å²) < 4.78 is 0. The quantitative estimate of drug-likeness (QED) is 0.575. The van der Waals surface area contributed by atoms with Crippen LogP contribution in [-0.4, -0.2) is 4.92 Å². The van der Waals surface area contributed by atoms with Crippen molar-refractivity contribution in [3.63, 3.8) is 0 Å². The Hall–Kier alpha value is -1.42. The van der Waals surface area contributed by atoms with E-state index in [1.165, 1.54) is 6.07 Å². The zero-order chi connectivity index (χ0) is 10.2. The van der Waals surface area contributed by atoms with Gasteiger partial charge < -0.3 is 5.73 Å². The average Bonchev–Trinajstić information content (AvgIpc) is 2.14. The molecular formula is C10H12N2O2. The molecule has 4 heteroatoms. The Morgan fingerprint density at radius 3 is 2.64 bits per heavy atom. The van der Waals surface area contributed by atoms with Crippen molar-refractivity contribution < 1.29 is 4.92 Å². The lowest BCUT2D eigenvalue weighted by atomic mass is 9.73. The van der Waals surface area contributed by atoms with Crippen molar-refractivity contribution in [2.45, 2.75) is 24.8 Å². The van der Waals surface area contributed by atoms with Crippen molar-refractivity contribution >= 4 is 5.69 Å². The Balaban J connectivity index is 2.35. The standard InChI is InChI=1S/C10H12N2O2/c11-10(5-2-6-10)8-3-1-4-9(7-8)12(13)14/h1,3-4,7H,2,5-6,11H2. The molecule has 0 spiro atoms. The number of nitro benzene ring substituents is 1. The van der Waals surface area contributed by atoms with E-state index in [1.54, 1.807) is 12.1 Å². The van der Waals surface area contributed by atoms with Crippen molar-refractivity contribution in [3.05, 3.63) is 39.9 Å². The van der Waals surface area contributed by atoms with Crippen molar-refractivity contribution in [2.24, 2.45) is 5.73 Å². The van der Waals surface area contributed by atoms with Gasteiger partial charge in [-0.05, 0) is 24.8 Å². The summed E-state index contributed by atoms with van der Waals surface area (Å²) in [6.07, 6.45) is 2.96. The Morgan fingerprint density at radius 2 is 2.14 bits per heavy atom. The van der Waals surface area contributed by atoms with Gasteiger partial charge in [0, 0.05) is 17.7 Å². The summed E-state index contributed by atoms with van der Waals surface area (Å²) in [5, 5.41) is 10.6. The second-order valence-corrected chi connectivity index (χ2v) is 3.82. The van der Waals surface area contributed by atoms with E-state index in [9.17, 15) is 10.1 Å². The normalized spacial score (nSPS) is 18.6. The first-order valence-corrected chi connectivity index (χ1v) is 4.66. The van der Waals surface area contributed by atoms with Crippen LogP contribution in [0, 0.1) is 10.1 Å². The summed E-state index contributed by atoms with van der Waals surface area (Å²) in [5.41, 5.74) is 6.77. The van der Waals surface area contributed by atoms with Crippen LogP contribution in [0.3, 0.4) is 0 Å².